The maximum atomic E-state index is 10.8. The van der Waals surface area contributed by atoms with Crippen molar-refractivity contribution in [3.8, 4) is 0 Å². The zero-order chi connectivity index (χ0) is 14.5. The zero-order valence-electron chi connectivity index (χ0n) is 11.1. The maximum Gasteiger partial charge on any atom is 0.306 e. The topological polar surface area (TPSA) is 114 Å². The predicted molar refractivity (Wildman–Crippen MR) is 70.4 cm³/mol. The van der Waals surface area contributed by atoms with Crippen LogP contribution >= 0.6 is 0 Å². The largest absolute Gasteiger partial charge is 0.481 e. The van der Waals surface area contributed by atoms with Crippen molar-refractivity contribution >= 4 is 17.6 Å². The summed E-state index contributed by atoms with van der Waals surface area (Å²) in [5.74, 6) is -0.553. The number of carbonyl (C=O) groups is 1. The van der Waals surface area contributed by atoms with Crippen LogP contribution in [0.3, 0.4) is 0 Å². The summed E-state index contributed by atoms with van der Waals surface area (Å²) in [6.45, 7) is 3.35. The smallest absolute Gasteiger partial charge is 0.306 e. The molecule has 2 aromatic rings. The zero-order valence-corrected chi connectivity index (χ0v) is 11.1. The van der Waals surface area contributed by atoms with E-state index in [2.05, 4.69) is 30.7 Å². The molecule has 0 aliphatic rings. The lowest BCUT2D eigenvalue weighted by Gasteiger charge is -2.08. The highest BCUT2D eigenvalue weighted by Gasteiger charge is 2.12. The van der Waals surface area contributed by atoms with Crippen molar-refractivity contribution in [3.05, 3.63) is 29.8 Å². The van der Waals surface area contributed by atoms with Crippen molar-refractivity contribution in [1.29, 1.82) is 0 Å². The normalized spacial score (nSPS) is 11.9. The van der Waals surface area contributed by atoms with Crippen molar-refractivity contribution in [3.63, 3.8) is 0 Å². The highest BCUT2D eigenvalue weighted by Crippen LogP contribution is 2.15. The predicted octanol–water partition coefficient (Wildman–Crippen LogP) is 0.977. The molecule has 8 nitrogen and oxygen atoms in total. The molecule has 104 valence electrons. The second-order valence-corrected chi connectivity index (χ2v) is 4.42. The molecule has 8 heteroatoms. The molecule has 0 saturated heterocycles. The van der Waals surface area contributed by atoms with Gasteiger partial charge < -0.3 is 10.4 Å². The Hall–Kier alpha value is -2.64. The van der Waals surface area contributed by atoms with Crippen LogP contribution in [0.5, 0.6) is 0 Å². The monoisotopic (exact) mass is 274 g/mol. The summed E-state index contributed by atoms with van der Waals surface area (Å²) in [4.78, 5) is 14.9. The van der Waals surface area contributed by atoms with E-state index < -0.39 is 11.9 Å². The van der Waals surface area contributed by atoms with E-state index in [-0.39, 0.29) is 5.95 Å². The van der Waals surface area contributed by atoms with Crippen LogP contribution in [-0.2, 0) is 11.2 Å². The van der Waals surface area contributed by atoms with Crippen LogP contribution in [0.4, 0.5) is 11.6 Å². The van der Waals surface area contributed by atoms with Gasteiger partial charge in [0.05, 0.1) is 17.8 Å². The van der Waals surface area contributed by atoms with Gasteiger partial charge in [-0.15, -0.1) is 20.4 Å². The number of rotatable bonds is 5. The number of pyridine rings is 1. The number of hydrogen-bond donors (Lipinski definition) is 2. The molecule has 0 amide bonds. The van der Waals surface area contributed by atoms with Gasteiger partial charge in [-0.05, 0) is 25.0 Å². The summed E-state index contributed by atoms with van der Waals surface area (Å²) in [6.07, 6.45) is 3.64. The highest BCUT2D eigenvalue weighted by molar-refractivity contribution is 5.70. The molecule has 1 atom stereocenters. The van der Waals surface area contributed by atoms with Gasteiger partial charge in [0, 0.05) is 6.20 Å². The Labute approximate surface area is 115 Å². The Morgan fingerprint density at radius 2 is 2.00 bits per heavy atom. The van der Waals surface area contributed by atoms with Crippen LogP contribution in [0, 0.1) is 12.8 Å². The van der Waals surface area contributed by atoms with Crippen molar-refractivity contribution in [2.75, 3.05) is 5.32 Å². The van der Waals surface area contributed by atoms with Gasteiger partial charge in [-0.25, -0.2) is 0 Å². The number of carboxylic acids is 1. The van der Waals surface area contributed by atoms with Crippen LogP contribution in [0.25, 0.3) is 0 Å². The SMILES string of the molecule is Cc1nnc(Nc2cncc(C[C@H](C)C(=O)O)c2)nn1. The van der Waals surface area contributed by atoms with Crippen LogP contribution in [0.2, 0.25) is 0 Å². The van der Waals surface area contributed by atoms with Crippen molar-refractivity contribution < 1.29 is 9.90 Å². The first-order chi connectivity index (χ1) is 9.54. The first-order valence-electron chi connectivity index (χ1n) is 6.02. The van der Waals surface area contributed by atoms with Crippen LogP contribution in [-0.4, -0.2) is 36.5 Å². The van der Waals surface area contributed by atoms with Gasteiger partial charge >= 0.3 is 5.97 Å². The summed E-state index contributed by atoms with van der Waals surface area (Å²) in [7, 11) is 0. The third-order valence-corrected chi connectivity index (χ3v) is 2.59. The number of aliphatic carboxylic acids is 1. The van der Waals surface area contributed by atoms with Gasteiger partial charge in [-0.1, -0.05) is 6.92 Å². The molecule has 0 aliphatic carbocycles. The molecule has 0 spiro atoms. The second-order valence-electron chi connectivity index (χ2n) is 4.42. The number of hydrogen-bond acceptors (Lipinski definition) is 7. The Kier molecular flexibility index (Phi) is 4.14. The van der Waals surface area contributed by atoms with Gasteiger partial charge in [0.15, 0.2) is 5.82 Å². The standard InChI is InChI=1S/C12H14N6O2/c1-7(11(19)20)3-9-4-10(6-13-5-9)14-12-17-15-8(2)16-18-12/h4-7H,3H2,1-2H3,(H,19,20)(H,14,17,18)/t7-/m0/s1. The Morgan fingerprint density at radius 3 is 2.65 bits per heavy atom. The molecule has 0 saturated carbocycles. The Morgan fingerprint density at radius 1 is 1.30 bits per heavy atom. The number of aromatic nitrogens is 5. The average Bonchev–Trinajstić information content (AvgIpc) is 2.42. The van der Waals surface area contributed by atoms with Crippen molar-refractivity contribution in [2.24, 2.45) is 5.92 Å². The molecular formula is C12H14N6O2. The molecule has 0 aliphatic heterocycles. The number of aryl methyl sites for hydroxylation is 1. The van der Waals surface area contributed by atoms with Crippen LogP contribution in [0.15, 0.2) is 18.5 Å². The summed E-state index contributed by atoms with van der Waals surface area (Å²) >= 11 is 0. The molecule has 2 N–H and O–H groups in total. The van der Waals surface area contributed by atoms with Gasteiger partial charge in [-0.2, -0.15) is 0 Å². The molecule has 2 aromatic heterocycles. The molecule has 0 aromatic carbocycles. The van der Waals surface area contributed by atoms with Gasteiger partial charge in [0.1, 0.15) is 0 Å². The van der Waals surface area contributed by atoms with Crippen LogP contribution in [0.1, 0.15) is 18.3 Å². The van der Waals surface area contributed by atoms with E-state index in [0.717, 1.165) is 5.56 Å². The van der Waals surface area contributed by atoms with Crippen LogP contribution < -0.4 is 5.32 Å². The molecule has 0 bridgehead atoms. The van der Waals surface area contributed by atoms with Crippen molar-refractivity contribution in [2.45, 2.75) is 20.3 Å². The third-order valence-electron chi connectivity index (χ3n) is 2.59. The Bertz CT molecular complexity index is 601. The molecule has 2 rings (SSSR count). The molecule has 0 radical (unpaired) electrons. The number of carboxylic acid groups (broad SMARTS) is 1. The summed E-state index contributed by atoms with van der Waals surface area (Å²) in [5, 5.41) is 27.1. The Balaban J connectivity index is 2.09. The fourth-order valence-corrected chi connectivity index (χ4v) is 1.57. The van der Waals surface area contributed by atoms with E-state index >= 15 is 0 Å². The number of nitrogens with one attached hydrogen (secondary N) is 1. The fourth-order valence-electron chi connectivity index (χ4n) is 1.57. The molecule has 20 heavy (non-hydrogen) atoms. The summed E-state index contributed by atoms with van der Waals surface area (Å²) in [5.41, 5.74) is 1.48. The minimum atomic E-state index is -0.835. The molecule has 0 unspecified atom stereocenters. The molecule has 2 heterocycles. The lowest BCUT2D eigenvalue weighted by atomic mass is 10.0. The van der Waals surface area contributed by atoms with E-state index in [0.29, 0.717) is 17.9 Å². The minimum absolute atomic E-state index is 0.265. The van der Waals surface area contributed by atoms with Gasteiger partial charge in [-0.3, -0.25) is 9.78 Å². The minimum Gasteiger partial charge on any atom is -0.481 e. The second kappa shape index (κ2) is 6.00. The number of nitrogens with zero attached hydrogens (tertiary/aromatic N) is 5. The summed E-state index contributed by atoms with van der Waals surface area (Å²) in [6, 6.07) is 1.80. The van der Waals surface area contributed by atoms with E-state index in [4.69, 9.17) is 5.11 Å². The van der Waals surface area contributed by atoms with E-state index in [9.17, 15) is 4.79 Å². The summed E-state index contributed by atoms with van der Waals surface area (Å²) < 4.78 is 0. The molecular weight excluding hydrogens is 260 g/mol. The highest BCUT2D eigenvalue weighted by atomic mass is 16.4. The van der Waals surface area contributed by atoms with Gasteiger partial charge in [0.25, 0.3) is 5.95 Å². The van der Waals surface area contributed by atoms with E-state index in [1.807, 2.05) is 0 Å². The third kappa shape index (κ3) is 3.67. The maximum absolute atomic E-state index is 10.8. The first-order valence-corrected chi connectivity index (χ1v) is 6.02. The van der Waals surface area contributed by atoms with E-state index in [1.165, 1.54) is 0 Å². The van der Waals surface area contributed by atoms with Gasteiger partial charge in [0.2, 0.25) is 0 Å². The lowest BCUT2D eigenvalue weighted by Crippen LogP contribution is -2.12. The molecule has 0 fully saturated rings. The average molecular weight is 274 g/mol. The quantitative estimate of drug-likeness (QED) is 0.829. The van der Waals surface area contributed by atoms with Crippen molar-refractivity contribution in [1.82, 2.24) is 25.4 Å². The first kappa shape index (κ1) is 13.8. The van der Waals surface area contributed by atoms with E-state index in [1.54, 1.807) is 32.3 Å². The lowest BCUT2D eigenvalue weighted by molar-refractivity contribution is -0.141. The fraction of sp³-hybridized carbons (Fsp3) is 0.333. The number of anilines is 2.